The van der Waals surface area contributed by atoms with Crippen LogP contribution in [-0.4, -0.2) is 10.9 Å². The van der Waals surface area contributed by atoms with Gasteiger partial charge >= 0.3 is 0 Å². The Morgan fingerprint density at radius 2 is 1.62 bits per heavy atom. The average Bonchev–Trinajstić information content (AvgIpc) is 2.56. The number of carbonyl (C=O) groups is 1. The Bertz CT molecular complexity index is 625. The molecule has 3 rings (SSSR count). The highest BCUT2D eigenvalue weighted by Crippen LogP contribution is 2.37. The van der Waals surface area contributed by atoms with Gasteiger partial charge in [0.25, 0.3) is 0 Å². The predicted molar refractivity (Wildman–Crippen MR) is 83.8 cm³/mol. The van der Waals surface area contributed by atoms with Gasteiger partial charge in [0.05, 0.1) is 0 Å². The zero-order valence-electron chi connectivity index (χ0n) is 12.1. The van der Waals surface area contributed by atoms with Gasteiger partial charge in [-0.15, -0.1) is 0 Å². The van der Waals surface area contributed by atoms with E-state index >= 15 is 0 Å². The number of hydrogen-bond acceptors (Lipinski definition) is 2. The van der Waals surface area contributed by atoms with E-state index in [1.165, 1.54) is 19.3 Å². The van der Waals surface area contributed by atoms with Gasteiger partial charge in [-0.25, -0.2) is 0 Å². The molecule has 0 saturated heterocycles. The van der Waals surface area contributed by atoms with Crippen LogP contribution in [-0.2, 0) is 0 Å². The molecule has 1 aliphatic carbocycles. The van der Waals surface area contributed by atoms with E-state index in [4.69, 9.17) is 0 Å². The normalized spacial score (nSPS) is 15.8. The SMILES string of the molecule is O=C(c1ccccc1)c1ccc(O)c(C2CCCCC2)c1. The molecular formula is C19H20O2. The molecule has 2 aromatic carbocycles. The Kier molecular flexibility index (Phi) is 4.05. The summed E-state index contributed by atoms with van der Waals surface area (Å²) in [4.78, 5) is 12.5. The van der Waals surface area contributed by atoms with E-state index in [1.54, 1.807) is 12.1 Å². The fourth-order valence-corrected chi connectivity index (χ4v) is 3.19. The Hall–Kier alpha value is -2.09. The van der Waals surface area contributed by atoms with Crippen LogP contribution in [0.4, 0.5) is 0 Å². The van der Waals surface area contributed by atoms with Crippen molar-refractivity contribution < 1.29 is 9.90 Å². The maximum absolute atomic E-state index is 12.5. The van der Waals surface area contributed by atoms with Gasteiger partial charge in [-0.2, -0.15) is 0 Å². The van der Waals surface area contributed by atoms with Gasteiger partial charge in [0, 0.05) is 11.1 Å². The molecular weight excluding hydrogens is 260 g/mol. The second kappa shape index (κ2) is 6.13. The van der Waals surface area contributed by atoms with Crippen molar-refractivity contribution in [3.63, 3.8) is 0 Å². The summed E-state index contributed by atoms with van der Waals surface area (Å²) in [6.07, 6.45) is 5.91. The van der Waals surface area contributed by atoms with E-state index in [-0.39, 0.29) is 5.78 Å². The van der Waals surface area contributed by atoms with E-state index in [2.05, 4.69) is 0 Å². The first-order valence-electron chi connectivity index (χ1n) is 7.68. The van der Waals surface area contributed by atoms with Gasteiger partial charge in [0.2, 0.25) is 0 Å². The lowest BCUT2D eigenvalue weighted by molar-refractivity contribution is 0.103. The summed E-state index contributed by atoms with van der Waals surface area (Å²) < 4.78 is 0. The third-order valence-corrected chi connectivity index (χ3v) is 4.37. The van der Waals surface area contributed by atoms with Crippen molar-refractivity contribution in [3.8, 4) is 5.75 Å². The molecule has 0 aromatic heterocycles. The summed E-state index contributed by atoms with van der Waals surface area (Å²) in [6, 6.07) is 14.6. The van der Waals surface area contributed by atoms with Gasteiger partial charge in [0.1, 0.15) is 5.75 Å². The zero-order valence-corrected chi connectivity index (χ0v) is 12.1. The molecule has 21 heavy (non-hydrogen) atoms. The molecule has 1 fully saturated rings. The van der Waals surface area contributed by atoms with Crippen molar-refractivity contribution in [1.29, 1.82) is 0 Å². The Balaban J connectivity index is 1.92. The van der Waals surface area contributed by atoms with Crippen LogP contribution in [0, 0.1) is 0 Å². The van der Waals surface area contributed by atoms with Crippen LogP contribution in [0.3, 0.4) is 0 Å². The van der Waals surface area contributed by atoms with Crippen molar-refractivity contribution in [2.75, 3.05) is 0 Å². The van der Waals surface area contributed by atoms with Crippen LogP contribution in [0.1, 0.15) is 59.5 Å². The third-order valence-electron chi connectivity index (χ3n) is 4.37. The van der Waals surface area contributed by atoms with Crippen molar-refractivity contribution >= 4 is 5.78 Å². The molecule has 0 bridgehead atoms. The predicted octanol–water partition coefficient (Wildman–Crippen LogP) is 4.67. The largest absolute Gasteiger partial charge is 0.508 e. The maximum atomic E-state index is 12.5. The molecule has 0 heterocycles. The molecule has 1 aliphatic rings. The molecule has 2 nitrogen and oxygen atoms in total. The number of benzene rings is 2. The van der Waals surface area contributed by atoms with Crippen molar-refractivity contribution in [2.45, 2.75) is 38.0 Å². The third kappa shape index (κ3) is 2.99. The van der Waals surface area contributed by atoms with Crippen molar-refractivity contribution in [1.82, 2.24) is 0 Å². The monoisotopic (exact) mass is 280 g/mol. The number of aromatic hydroxyl groups is 1. The Morgan fingerprint density at radius 1 is 0.905 bits per heavy atom. The smallest absolute Gasteiger partial charge is 0.193 e. The number of phenols is 1. The minimum atomic E-state index is 0.0210. The van der Waals surface area contributed by atoms with Gasteiger partial charge in [0.15, 0.2) is 5.78 Å². The lowest BCUT2D eigenvalue weighted by Crippen LogP contribution is -2.07. The molecule has 2 heteroatoms. The van der Waals surface area contributed by atoms with E-state index in [9.17, 15) is 9.90 Å². The average molecular weight is 280 g/mol. The van der Waals surface area contributed by atoms with E-state index < -0.39 is 0 Å². The molecule has 0 amide bonds. The summed E-state index contributed by atoms with van der Waals surface area (Å²) in [5, 5.41) is 10.1. The topological polar surface area (TPSA) is 37.3 Å². The van der Waals surface area contributed by atoms with E-state index in [0.29, 0.717) is 22.8 Å². The lowest BCUT2D eigenvalue weighted by Gasteiger charge is -2.23. The molecule has 0 spiro atoms. The molecule has 0 radical (unpaired) electrons. The minimum Gasteiger partial charge on any atom is -0.508 e. The van der Waals surface area contributed by atoms with Gasteiger partial charge in [-0.1, -0.05) is 49.6 Å². The highest BCUT2D eigenvalue weighted by atomic mass is 16.3. The fraction of sp³-hybridized carbons (Fsp3) is 0.316. The highest BCUT2D eigenvalue weighted by Gasteiger charge is 2.20. The number of rotatable bonds is 3. The zero-order chi connectivity index (χ0) is 14.7. The summed E-state index contributed by atoms with van der Waals surface area (Å²) in [5.41, 5.74) is 2.30. The number of phenolic OH excluding ortho intramolecular Hbond substituents is 1. The maximum Gasteiger partial charge on any atom is 0.193 e. The summed E-state index contributed by atoms with van der Waals surface area (Å²) >= 11 is 0. The molecule has 0 atom stereocenters. The van der Waals surface area contributed by atoms with Crippen LogP contribution >= 0.6 is 0 Å². The standard InChI is InChI=1S/C19H20O2/c20-18-12-11-16(19(21)15-9-5-2-6-10-15)13-17(18)14-7-3-1-4-8-14/h2,5-6,9-14,20H,1,3-4,7-8H2. The van der Waals surface area contributed by atoms with Gasteiger partial charge in [-0.3, -0.25) is 4.79 Å². The highest BCUT2D eigenvalue weighted by molar-refractivity contribution is 6.09. The number of ketones is 1. The number of hydrogen-bond donors (Lipinski definition) is 1. The molecule has 1 N–H and O–H groups in total. The van der Waals surface area contributed by atoms with Crippen molar-refractivity contribution in [3.05, 3.63) is 65.2 Å². The summed E-state index contributed by atoms with van der Waals surface area (Å²) in [6.45, 7) is 0. The van der Waals surface area contributed by atoms with Gasteiger partial charge in [-0.05, 0) is 42.5 Å². The van der Waals surface area contributed by atoms with Crippen LogP contribution in [0.15, 0.2) is 48.5 Å². The minimum absolute atomic E-state index is 0.0210. The van der Waals surface area contributed by atoms with E-state index in [0.717, 1.165) is 18.4 Å². The second-order valence-corrected chi connectivity index (χ2v) is 5.80. The Labute approximate surface area is 125 Å². The lowest BCUT2D eigenvalue weighted by atomic mass is 9.82. The molecule has 0 unspecified atom stereocenters. The van der Waals surface area contributed by atoms with Crippen molar-refractivity contribution in [2.24, 2.45) is 0 Å². The summed E-state index contributed by atoms with van der Waals surface area (Å²) in [5.74, 6) is 0.737. The molecule has 1 saturated carbocycles. The van der Waals surface area contributed by atoms with Crippen LogP contribution in [0.5, 0.6) is 5.75 Å². The molecule has 2 aromatic rings. The number of carbonyl (C=O) groups excluding carboxylic acids is 1. The summed E-state index contributed by atoms with van der Waals surface area (Å²) in [7, 11) is 0. The van der Waals surface area contributed by atoms with E-state index in [1.807, 2.05) is 36.4 Å². The first-order chi connectivity index (χ1) is 10.3. The quantitative estimate of drug-likeness (QED) is 0.829. The second-order valence-electron chi connectivity index (χ2n) is 5.80. The molecule has 108 valence electrons. The fourth-order valence-electron chi connectivity index (χ4n) is 3.19. The van der Waals surface area contributed by atoms with Crippen LogP contribution in [0.25, 0.3) is 0 Å². The van der Waals surface area contributed by atoms with Gasteiger partial charge < -0.3 is 5.11 Å². The first-order valence-corrected chi connectivity index (χ1v) is 7.68. The van der Waals surface area contributed by atoms with Crippen LogP contribution < -0.4 is 0 Å². The molecule has 0 aliphatic heterocycles. The first kappa shape index (κ1) is 13.9. The Morgan fingerprint density at radius 3 is 2.33 bits per heavy atom. The van der Waals surface area contributed by atoms with Crippen LogP contribution in [0.2, 0.25) is 0 Å².